The zero-order valence-corrected chi connectivity index (χ0v) is 27.3. The van der Waals surface area contributed by atoms with E-state index in [1.54, 1.807) is 36.4 Å². The molecule has 1 fully saturated rings. The minimum absolute atomic E-state index is 0.0200. The van der Waals surface area contributed by atoms with Crippen LogP contribution in [0.15, 0.2) is 60.2 Å². The van der Waals surface area contributed by atoms with Crippen molar-refractivity contribution < 1.29 is 28.9 Å². The van der Waals surface area contributed by atoms with E-state index in [4.69, 9.17) is 19.2 Å². The Hall–Kier alpha value is -4.37. The lowest BCUT2D eigenvalue weighted by atomic mass is 9.95. The van der Waals surface area contributed by atoms with Gasteiger partial charge in [0.25, 0.3) is 5.78 Å². The molecule has 0 radical (unpaired) electrons. The number of amides is 1. The molecule has 8 nitrogen and oxygen atoms in total. The van der Waals surface area contributed by atoms with Gasteiger partial charge in [0.2, 0.25) is 0 Å². The first kappa shape index (κ1) is 32.0. The van der Waals surface area contributed by atoms with Gasteiger partial charge in [0.1, 0.15) is 11.5 Å². The van der Waals surface area contributed by atoms with E-state index in [9.17, 15) is 14.7 Å². The van der Waals surface area contributed by atoms with Crippen molar-refractivity contribution in [2.75, 3.05) is 24.7 Å². The second kappa shape index (κ2) is 14.2. The molecule has 0 saturated carbocycles. The van der Waals surface area contributed by atoms with E-state index in [1.807, 2.05) is 45.9 Å². The van der Waals surface area contributed by atoms with Crippen LogP contribution in [-0.2, 0) is 9.59 Å². The molecular formula is C36H40N2O6S. The number of anilines is 1. The van der Waals surface area contributed by atoms with Crippen molar-refractivity contribution in [2.24, 2.45) is 0 Å². The first-order valence-corrected chi connectivity index (χ1v) is 16.4. The molecule has 2 heterocycles. The number of aryl methyl sites for hydroxylation is 2. The molecule has 0 aliphatic carbocycles. The summed E-state index contributed by atoms with van der Waals surface area (Å²) < 4.78 is 18.6. The number of aromatic nitrogens is 1. The van der Waals surface area contributed by atoms with E-state index < -0.39 is 17.7 Å². The number of ether oxygens (including phenoxy) is 3. The standard InChI is InChI=1S/C36H40N2O6S/c1-6-9-10-18-44-27-16-13-25(21-28(27)42-8-3)32-30(33(39)24-11-14-26(15-12-24)43-17-7-2)34(40)35(41)38(32)36-37-31-23(5)19-22(4)20-29(31)45-36/h11-16,19-21,32,39H,6-10,17-18H2,1-5H3. The quantitative estimate of drug-likeness (QED) is 0.0688. The maximum Gasteiger partial charge on any atom is 0.301 e. The van der Waals surface area contributed by atoms with E-state index in [1.165, 1.54) is 16.2 Å². The first-order chi connectivity index (χ1) is 21.8. The third-order valence-electron chi connectivity index (χ3n) is 7.66. The van der Waals surface area contributed by atoms with Crippen molar-refractivity contribution in [3.05, 3.63) is 82.4 Å². The molecular weight excluding hydrogens is 588 g/mol. The van der Waals surface area contributed by atoms with Crippen LogP contribution in [0, 0.1) is 13.8 Å². The van der Waals surface area contributed by atoms with Crippen LogP contribution < -0.4 is 19.1 Å². The van der Waals surface area contributed by atoms with Gasteiger partial charge in [0, 0.05) is 5.56 Å². The molecule has 1 amide bonds. The van der Waals surface area contributed by atoms with Crippen molar-refractivity contribution in [3.63, 3.8) is 0 Å². The number of Topliss-reactive ketones (excluding diaryl/α,β-unsaturated/α-hetero) is 1. The molecule has 1 aromatic heterocycles. The fourth-order valence-corrected chi connectivity index (χ4v) is 6.68. The fourth-order valence-electron chi connectivity index (χ4n) is 5.51. The highest BCUT2D eigenvalue weighted by atomic mass is 32.1. The van der Waals surface area contributed by atoms with Crippen molar-refractivity contribution in [1.82, 2.24) is 4.98 Å². The molecule has 1 N–H and O–H groups in total. The summed E-state index contributed by atoms with van der Waals surface area (Å²) in [6, 6.07) is 15.4. The highest BCUT2D eigenvalue weighted by Gasteiger charge is 2.48. The number of unbranched alkanes of at least 4 members (excludes halogenated alkanes) is 2. The highest BCUT2D eigenvalue weighted by Crippen LogP contribution is 2.46. The third-order valence-corrected chi connectivity index (χ3v) is 8.66. The fraction of sp³-hybridized carbons (Fsp3) is 0.361. The van der Waals surface area contributed by atoms with Crippen molar-refractivity contribution >= 4 is 44.1 Å². The van der Waals surface area contributed by atoms with Crippen LogP contribution in [0.1, 0.15) is 74.8 Å². The van der Waals surface area contributed by atoms with Gasteiger partial charge in [-0.15, -0.1) is 0 Å². The summed E-state index contributed by atoms with van der Waals surface area (Å²) in [5.74, 6) is -0.0625. The largest absolute Gasteiger partial charge is 0.507 e. The summed E-state index contributed by atoms with van der Waals surface area (Å²) in [5, 5.41) is 12.0. The van der Waals surface area contributed by atoms with Crippen molar-refractivity contribution in [1.29, 1.82) is 0 Å². The van der Waals surface area contributed by atoms with Gasteiger partial charge in [-0.3, -0.25) is 14.5 Å². The number of aliphatic hydroxyl groups is 1. The van der Waals surface area contributed by atoms with Gasteiger partial charge in [0.15, 0.2) is 16.6 Å². The first-order valence-electron chi connectivity index (χ1n) is 15.6. The summed E-state index contributed by atoms with van der Waals surface area (Å²) >= 11 is 1.34. The average molecular weight is 629 g/mol. The van der Waals surface area contributed by atoms with Crippen LogP contribution >= 0.6 is 11.3 Å². The van der Waals surface area contributed by atoms with Crippen LogP contribution in [0.2, 0.25) is 0 Å². The Balaban J connectivity index is 1.65. The minimum atomic E-state index is -0.948. The molecule has 3 aromatic carbocycles. The monoisotopic (exact) mass is 628 g/mol. The van der Waals surface area contributed by atoms with Gasteiger partial charge < -0.3 is 19.3 Å². The lowest BCUT2D eigenvalue weighted by molar-refractivity contribution is -0.132. The van der Waals surface area contributed by atoms with Crippen LogP contribution in [0.3, 0.4) is 0 Å². The van der Waals surface area contributed by atoms with Crippen molar-refractivity contribution in [3.8, 4) is 17.2 Å². The molecule has 0 bridgehead atoms. The van der Waals surface area contributed by atoms with Crippen LogP contribution in [0.25, 0.3) is 16.0 Å². The lowest BCUT2D eigenvalue weighted by Gasteiger charge is -2.24. The molecule has 1 unspecified atom stereocenters. The minimum Gasteiger partial charge on any atom is -0.507 e. The Morgan fingerprint density at radius 2 is 1.67 bits per heavy atom. The Bertz CT molecular complexity index is 1730. The number of ketones is 1. The predicted octanol–water partition coefficient (Wildman–Crippen LogP) is 8.30. The predicted molar refractivity (Wildman–Crippen MR) is 179 cm³/mol. The third kappa shape index (κ3) is 6.68. The zero-order valence-electron chi connectivity index (χ0n) is 26.5. The van der Waals surface area contributed by atoms with E-state index in [-0.39, 0.29) is 11.3 Å². The average Bonchev–Trinajstić information content (AvgIpc) is 3.57. The lowest BCUT2D eigenvalue weighted by Crippen LogP contribution is -2.29. The number of benzene rings is 3. The number of rotatable bonds is 13. The second-order valence-electron chi connectivity index (χ2n) is 11.2. The Morgan fingerprint density at radius 3 is 2.38 bits per heavy atom. The number of fused-ring (bicyclic) bond motifs is 1. The summed E-state index contributed by atoms with van der Waals surface area (Å²) in [4.78, 5) is 33.9. The molecule has 45 heavy (non-hydrogen) atoms. The molecule has 1 saturated heterocycles. The Labute approximate surface area is 268 Å². The Morgan fingerprint density at radius 1 is 0.889 bits per heavy atom. The molecule has 0 spiro atoms. The van der Waals surface area contributed by atoms with Gasteiger partial charge in [-0.1, -0.05) is 50.2 Å². The molecule has 1 aliphatic rings. The second-order valence-corrected chi connectivity index (χ2v) is 12.2. The number of hydrogen-bond acceptors (Lipinski definition) is 8. The smallest absolute Gasteiger partial charge is 0.301 e. The van der Waals surface area contributed by atoms with Gasteiger partial charge >= 0.3 is 5.91 Å². The summed E-state index contributed by atoms with van der Waals surface area (Å²) in [5.41, 5.74) is 3.81. The molecule has 236 valence electrons. The van der Waals surface area contributed by atoms with Crippen LogP contribution in [0.4, 0.5) is 5.13 Å². The number of nitrogens with zero attached hydrogens (tertiary/aromatic N) is 2. The molecule has 1 atom stereocenters. The summed E-state index contributed by atoms with van der Waals surface area (Å²) in [6.07, 6.45) is 3.92. The van der Waals surface area contributed by atoms with Crippen LogP contribution in [-0.4, -0.2) is 41.6 Å². The van der Waals surface area contributed by atoms with Crippen LogP contribution in [0.5, 0.6) is 17.2 Å². The molecule has 9 heteroatoms. The molecule has 4 aromatic rings. The van der Waals surface area contributed by atoms with E-state index in [2.05, 4.69) is 6.92 Å². The van der Waals surface area contributed by atoms with Crippen molar-refractivity contribution in [2.45, 2.75) is 66.3 Å². The SMILES string of the molecule is CCCCCOc1ccc(C2C(=C(O)c3ccc(OCCC)cc3)C(=O)C(=O)N2c2nc3c(C)cc(C)cc3s2)cc1OCC. The number of aliphatic hydroxyl groups excluding tert-OH is 1. The van der Waals surface area contributed by atoms with Gasteiger partial charge in [-0.2, -0.15) is 0 Å². The van der Waals surface area contributed by atoms with E-state index in [0.29, 0.717) is 53.3 Å². The maximum absolute atomic E-state index is 13.8. The highest BCUT2D eigenvalue weighted by molar-refractivity contribution is 7.22. The summed E-state index contributed by atoms with van der Waals surface area (Å²) in [6.45, 7) is 11.6. The number of carbonyl (C=O) groups is 2. The maximum atomic E-state index is 13.8. The number of hydrogen-bond donors (Lipinski definition) is 1. The number of thiazole rings is 1. The van der Waals surface area contributed by atoms with Gasteiger partial charge in [0.05, 0.1) is 41.7 Å². The van der Waals surface area contributed by atoms with Gasteiger partial charge in [-0.25, -0.2) is 4.98 Å². The topological polar surface area (TPSA) is 98.2 Å². The molecule has 1 aliphatic heterocycles. The Kier molecular flexibility index (Phi) is 10.1. The van der Waals surface area contributed by atoms with E-state index in [0.717, 1.165) is 47.0 Å². The summed E-state index contributed by atoms with van der Waals surface area (Å²) in [7, 11) is 0. The normalized spacial score (nSPS) is 16.0. The van der Waals surface area contributed by atoms with Gasteiger partial charge in [-0.05, 0) is 92.8 Å². The van der Waals surface area contributed by atoms with E-state index >= 15 is 0 Å². The molecule has 5 rings (SSSR count). The zero-order chi connectivity index (χ0) is 32.1. The number of carbonyl (C=O) groups excluding carboxylic acids is 2.